The van der Waals surface area contributed by atoms with E-state index in [0.29, 0.717) is 16.7 Å². The highest BCUT2D eigenvalue weighted by molar-refractivity contribution is 7.89. The molecule has 1 aromatic heterocycles. The highest BCUT2D eigenvalue weighted by atomic mass is 32.2. The Morgan fingerprint density at radius 1 is 1.23 bits per heavy atom. The Balaban J connectivity index is 1.65. The molecule has 1 aliphatic rings. The molecule has 2 aromatic carbocycles. The van der Waals surface area contributed by atoms with E-state index in [1.165, 1.54) is 13.2 Å². The summed E-state index contributed by atoms with van der Waals surface area (Å²) in [6, 6.07) is 14.2. The van der Waals surface area contributed by atoms with Gasteiger partial charge >= 0.3 is 0 Å². The number of rotatable bonds is 8. The normalized spacial score (nSPS) is 16.5. The van der Waals surface area contributed by atoms with Crippen molar-refractivity contribution in [1.82, 2.24) is 9.71 Å². The maximum atomic E-state index is 13.1. The Labute approximate surface area is 206 Å². The van der Waals surface area contributed by atoms with Gasteiger partial charge in [-0.05, 0) is 61.4 Å². The molecule has 4 rings (SSSR count). The van der Waals surface area contributed by atoms with Crippen LogP contribution in [0.3, 0.4) is 0 Å². The zero-order chi connectivity index (χ0) is 25.2. The number of hydrogen-bond acceptors (Lipinski definition) is 6. The third kappa shape index (κ3) is 5.00. The van der Waals surface area contributed by atoms with Crippen LogP contribution in [0.5, 0.6) is 5.75 Å². The van der Waals surface area contributed by atoms with Crippen molar-refractivity contribution in [3.63, 3.8) is 0 Å². The average molecular weight is 492 g/mol. The molecule has 182 valence electrons. The summed E-state index contributed by atoms with van der Waals surface area (Å²) in [6.45, 7) is 7.78. The molecule has 0 bridgehead atoms. The first-order valence-corrected chi connectivity index (χ1v) is 12.8. The van der Waals surface area contributed by atoms with E-state index >= 15 is 0 Å². The summed E-state index contributed by atoms with van der Waals surface area (Å²) < 4.78 is 33.8. The molecular formula is C27H29N3O4S. The molecule has 0 radical (unpaired) electrons. The Kier molecular flexibility index (Phi) is 7.07. The lowest BCUT2D eigenvalue weighted by atomic mass is 10.1. The molecule has 2 unspecified atom stereocenters. The van der Waals surface area contributed by atoms with Gasteiger partial charge in [-0.1, -0.05) is 43.4 Å². The number of methoxy groups -OCH3 is 1. The van der Waals surface area contributed by atoms with Crippen LogP contribution in [0.15, 0.2) is 84.4 Å². The van der Waals surface area contributed by atoms with Crippen molar-refractivity contribution in [2.45, 2.75) is 37.4 Å². The van der Waals surface area contributed by atoms with E-state index in [4.69, 9.17) is 4.74 Å². The van der Waals surface area contributed by atoms with Crippen molar-refractivity contribution in [2.75, 3.05) is 12.0 Å². The van der Waals surface area contributed by atoms with Gasteiger partial charge in [0.15, 0.2) is 6.23 Å². The Morgan fingerprint density at radius 2 is 2.03 bits per heavy atom. The van der Waals surface area contributed by atoms with E-state index in [1.807, 2.05) is 42.6 Å². The van der Waals surface area contributed by atoms with Gasteiger partial charge in [0.25, 0.3) is 0 Å². The molecule has 0 saturated carbocycles. The zero-order valence-electron chi connectivity index (χ0n) is 20.0. The summed E-state index contributed by atoms with van der Waals surface area (Å²) in [5, 5.41) is 11.7. The molecule has 1 aliphatic heterocycles. The summed E-state index contributed by atoms with van der Waals surface area (Å²) in [4.78, 5) is 6.66. The van der Waals surface area contributed by atoms with E-state index in [2.05, 4.69) is 34.2 Å². The van der Waals surface area contributed by atoms with Gasteiger partial charge in [0.05, 0.1) is 30.0 Å². The number of nitrogens with one attached hydrogen (secondary N) is 1. The molecule has 2 N–H and O–H groups in total. The first-order valence-electron chi connectivity index (χ1n) is 11.3. The quantitative estimate of drug-likeness (QED) is 0.435. The number of allylic oxidation sites excluding steroid dienone is 3. The van der Waals surface area contributed by atoms with Gasteiger partial charge in [-0.2, -0.15) is 4.72 Å². The van der Waals surface area contributed by atoms with E-state index in [9.17, 15) is 13.5 Å². The average Bonchev–Trinajstić information content (AvgIpc) is 2.87. The highest BCUT2D eigenvalue weighted by Gasteiger charge is 2.25. The van der Waals surface area contributed by atoms with Crippen LogP contribution in [-0.4, -0.2) is 31.7 Å². The van der Waals surface area contributed by atoms with E-state index in [0.717, 1.165) is 17.5 Å². The second kappa shape index (κ2) is 10.0. The van der Waals surface area contributed by atoms with Gasteiger partial charge in [-0.15, -0.1) is 0 Å². The lowest BCUT2D eigenvalue weighted by molar-refractivity contribution is 0.162. The summed E-state index contributed by atoms with van der Waals surface area (Å²) >= 11 is 0. The molecule has 3 aromatic rings. The van der Waals surface area contributed by atoms with Crippen molar-refractivity contribution < 1.29 is 18.3 Å². The van der Waals surface area contributed by atoms with Gasteiger partial charge in [0.2, 0.25) is 10.0 Å². The number of aliphatic hydroxyl groups excluding tert-OH is 1. The minimum Gasteiger partial charge on any atom is -0.495 e. The first-order chi connectivity index (χ1) is 16.7. The van der Waals surface area contributed by atoms with Gasteiger partial charge in [-0.25, -0.2) is 13.4 Å². The van der Waals surface area contributed by atoms with Gasteiger partial charge in [-0.3, -0.25) is 0 Å². The Morgan fingerprint density at radius 3 is 2.74 bits per heavy atom. The number of ether oxygens (including phenoxy) is 1. The highest BCUT2D eigenvalue weighted by Crippen LogP contribution is 2.32. The number of anilines is 1. The molecule has 0 spiro atoms. The van der Waals surface area contributed by atoms with Crippen LogP contribution < -0.4 is 14.4 Å². The third-order valence-corrected chi connectivity index (χ3v) is 7.40. The fraction of sp³-hybridized carbons (Fsp3) is 0.222. The van der Waals surface area contributed by atoms with Crippen molar-refractivity contribution in [2.24, 2.45) is 0 Å². The van der Waals surface area contributed by atoms with Crippen LogP contribution in [-0.2, 0) is 10.0 Å². The number of fused-ring (bicyclic) bond motifs is 1. The number of hydrogen-bond donors (Lipinski definition) is 2. The number of aliphatic hydroxyl groups is 1. The van der Waals surface area contributed by atoms with Crippen LogP contribution in [0.1, 0.15) is 37.8 Å². The SMILES string of the molecule is C=C(C)c1ccc(OC)c(S(=O)(=O)NC(O)c2ccc3c(N4C=CC=CC4CC)cccc3n2)c1. The second-order valence-corrected chi connectivity index (χ2v) is 10.0. The van der Waals surface area contributed by atoms with E-state index < -0.39 is 16.3 Å². The van der Waals surface area contributed by atoms with Crippen LogP contribution in [0.25, 0.3) is 16.5 Å². The van der Waals surface area contributed by atoms with Gasteiger partial charge in [0.1, 0.15) is 10.6 Å². The smallest absolute Gasteiger partial charge is 0.246 e. The van der Waals surface area contributed by atoms with Gasteiger partial charge < -0.3 is 14.7 Å². The monoisotopic (exact) mass is 491 g/mol. The van der Waals surface area contributed by atoms with Crippen molar-refractivity contribution in [3.8, 4) is 5.75 Å². The maximum Gasteiger partial charge on any atom is 0.246 e. The second-order valence-electron chi connectivity index (χ2n) is 8.36. The minimum absolute atomic E-state index is 0.0850. The van der Waals surface area contributed by atoms with Crippen molar-refractivity contribution >= 4 is 32.2 Å². The van der Waals surface area contributed by atoms with Crippen LogP contribution in [0.2, 0.25) is 0 Å². The summed E-state index contributed by atoms with van der Waals surface area (Å²) in [7, 11) is -2.73. The Hall–Kier alpha value is -3.46. The standard InChI is InChI=1S/C27H29N3O4S/c1-5-20-9-6-7-16-30(20)24-11-8-10-22-21(24)13-14-23(28-22)27(31)29-35(32,33)26-17-19(18(2)3)12-15-25(26)34-4/h6-17,20,27,29,31H,2,5H2,1,3-4H3. The fourth-order valence-electron chi connectivity index (χ4n) is 4.08. The largest absolute Gasteiger partial charge is 0.495 e. The number of aromatic nitrogens is 1. The molecule has 0 aliphatic carbocycles. The maximum absolute atomic E-state index is 13.1. The molecule has 7 nitrogen and oxygen atoms in total. The summed E-state index contributed by atoms with van der Waals surface area (Å²) in [5.74, 6) is 0.167. The minimum atomic E-state index is -4.13. The predicted octanol–water partition coefficient (Wildman–Crippen LogP) is 4.91. The molecule has 35 heavy (non-hydrogen) atoms. The molecular weight excluding hydrogens is 462 g/mol. The van der Waals surface area contributed by atoms with E-state index in [1.54, 1.807) is 25.1 Å². The molecule has 8 heteroatoms. The predicted molar refractivity (Wildman–Crippen MR) is 140 cm³/mol. The lowest BCUT2D eigenvalue weighted by Crippen LogP contribution is -2.30. The van der Waals surface area contributed by atoms with Crippen molar-refractivity contribution in [1.29, 1.82) is 0 Å². The number of benzene rings is 2. The van der Waals surface area contributed by atoms with Crippen molar-refractivity contribution in [3.05, 3.63) is 90.8 Å². The van der Waals surface area contributed by atoms with Crippen LogP contribution in [0.4, 0.5) is 5.69 Å². The van der Waals surface area contributed by atoms with Gasteiger partial charge in [0, 0.05) is 11.6 Å². The molecule has 0 saturated heterocycles. The van der Waals surface area contributed by atoms with Crippen LogP contribution >= 0.6 is 0 Å². The van der Waals surface area contributed by atoms with Crippen LogP contribution in [0, 0.1) is 0 Å². The number of pyridine rings is 1. The lowest BCUT2D eigenvalue weighted by Gasteiger charge is -2.30. The summed E-state index contributed by atoms with van der Waals surface area (Å²) in [6.07, 6.45) is 7.60. The third-order valence-electron chi connectivity index (χ3n) is 5.97. The van der Waals surface area contributed by atoms with E-state index in [-0.39, 0.29) is 22.4 Å². The molecule has 0 amide bonds. The molecule has 2 heterocycles. The summed E-state index contributed by atoms with van der Waals surface area (Å²) in [5.41, 5.74) is 3.20. The fourth-order valence-corrected chi connectivity index (χ4v) is 5.32. The number of nitrogens with zero attached hydrogens (tertiary/aromatic N) is 2. The zero-order valence-corrected chi connectivity index (χ0v) is 20.8. The molecule has 0 fully saturated rings. The first kappa shape index (κ1) is 24.7. The Bertz CT molecular complexity index is 1430. The molecule has 2 atom stereocenters. The topological polar surface area (TPSA) is 91.8 Å². The number of sulfonamides is 1.